The fourth-order valence-corrected chi connectivity index (χ4v) is 3.54. The van der Waals surface area contributed by atoms with Crippen LogP contribution >= 0.6 is 0 Å². The van der Waals surface area contributed by atoms with Crippen LogP contribution in [0.15, 0.2) is 24.3 Å². The average molecular weight is 364 g/mol. The van der Waals surface area contributed by atoms with Crippen LogP contribution in [0.2, 0.25) is 0 Å². The molecule has 1 heteroatoms. The summed E-state index contributed by atoms with van der Waals surface area (Å²) in [6.07, 6.45) is 31.1. The Morgan fingerprint density at radius 3 is 1.65 bits per heavy atom. The second-order valence-electron chi connectivity index (χ2n) is 8.13. The normalized spacial score (nSPS) is 13.4. The molecule has 0 saturated carbocycles. The Morgan fingerprint density at radius 2 is 1.12 bits per heavy atom. The zero-order valence-electron chi connectivity index (χ0n) is 18.6. The molecule has 0 saturated heterocycles. The molecule has 0 bridgehead atoms. The van der Waals surface area contributed by atoms with Gasteiger partial charge in [0.1, 0.15) is 0 Å². The highest BCUT2D eigenvalue weighted by atomic mass is 15.1. The maximum Gasteiger partial charge on any atom is 0.00890 e. The molecule has 0 aromatic carbocycles. The Kier molecular flexibility index (Phi) is 20.3. The Balaban J connectivity index is 3.32. The molecule has 0 rings (SSSR count). The van der Waals surface area contributed by atoms with Gasteiger partial charge in [0.05, 0.1) is 0 Å². The highest BCUT2D eigenvalue weighted by Crippen LogP contribution is 2.15. The van der Waals surface area contributed by atoms with E-state index in [0.29, 0.717) is 0 Å². The van der Waals surface area contributed by atoms with E-state index in [2.05, 4.69) is 57.1 Å². The van der Waals surface area contributed by atoms with Crippen molar-refractivity contribution in [2.24, 2.45) is 0 Å². The molecule has 154 valence electrons. The first-order chi connectivity index (χ1) is 12.7. The van der Waals surface area contributed by atoms with Gasteiger partial charge in [-0.1, -0.05) is 95.9 Å². The molecule has 1 nitrogen and oxygen atoms in total. The molecule has 0 spiro atoms. The van der Waals surface area contributed by atoms with Crippen LogP contribution in [0.1, 0.15) is 117 Å². The first kappa shape index (κ1) is 25.4. The third-order valence-corrected chi connectivity index (χ3v) is 5.34. The molecular formula is C25H49N. The van der Waals surface area contributed by atoms with Gasteiger partial charge < -0.3 is 4.90 Å². The van der Waals surface area contributed by atoms with Gasteiger partial charge in [0.25, 0.3) is 0 Å². The summed E-state index contributed by atoms with van der Waals surface area (Å²) in [4.78, 5) is 2.42. The molecule has 0 heterocycles. The number of unbranched alkanes of at least 4 members (excludes halogenated alkanes) is 10. The Morgan fingerprint density at radius 1 is 0.577 bits per heavy atom. The number of hydrogen-bond acceptors (Lipinski definition) is 1. The quantitative estimate of drug-likeness (QED) is 0.165. The molecule has 0 aromatic rings. The molecule has 0 amide bonds. The highest BCUT2D eigenvalue weighted by Gasteiger charge is 2.08. The van der Waals surface area contributed by atoms with Gasteiger partial charge in [-0.2, -0.15) is 0 Å². The van der Waals surface area contributed by atoms with Crippen molar-refractivity contribution in [1.82, 2.24) is 4.90 Å². The van der Waals surface area contributed by atoms with E-state index in [-0.39, 0.29) is 0 Å². The van der Waals surface area contributed by atoms with Crippen LogP contribution < -0.4 is 0 Å². The topological polar surface area (TPSA) is 3.24 Å². The van der Waals surface area contributed by atoms with E-state index >= 15 is 0 Å². The van der Waals surface area contributed by atoms with E-state index in [0.717, 1.165) is 12.5 Å². The summed E-state index contributed by atoms with van der Waals surface area (Å²) in [6, 6.07) is 0.804. The third-order valence-electron chi connectivity index (χ3n) is 5.34. The lowest BCUT2D eigenvalue weighted by Crippen LogP contribution is -2.27. The van der Waals surface area contributed by atoms with Crippen molar-refractivity contribution in [3.63, 3.8) is 0 Å². The van der Waals surface area contributed by atoms with E-state index in [1.807, 2.05) is 0 Å². The number of nitrogens with zero attached hydrogens (tertiary/aromatic N) is 1. The minimum Gasteiger partial charge on any atom is -0.306 e. The maximum atomic E-state index is 2.42. The minimum atomic E-state index is 0.804. The molecule has 0 aromatic heterocycles. The van der Waals surface area contributed by atoms with Crippen LogP contribution in [0.25, 0.3) is 0 Å². The van der Waals surface area contributed by atoms with Crippen molar-refractivity contribution in [2.75, 3.05) is 14.1 Å². The molecule has 0 aliphatic heterocycles. The zero-order chi connectivity index (χ0) is 19.3. The summed E-state index contributed by atoms with van der Waals surface area (Å²) < 4.78 is 0. The van der Waals surface area contributed by atoms with Gasteiger partial charge in [-0.05, 0) is 59.0 Å². The first-order valence-electron chi connectivity index (χ1n) is 11.7. The predicted octanol–water partition coefficient (Wildman–Crippen LogP) is 8.31. The first-order valence-corrected chi connectivity index (χ1v) is 11.7. The molecule has 0 aliphatic carbocycles. The van der Waals surface area contributed by atoms with Crippen molar-refractivity contribution >= 4 is 0 Å². The second-order valence-corrected chi connectivity index (χ2v) is 8.13. The number of hydrogen-bond donors (Lipinski definition) is 0. The van der Waals surface area contributed by atoms with Crippen LogP contribution in [0.5, 0.6) is 0 Å². The number of rotatable bonds is 19. The fraction of sp³-hybridized carbons (Fsp3) is 0.840. The second kappa shape index (κ2) is 20.7. The van der Waals surface area contributed by atoms with E-state index in [1.165, 1.54) is 96.3 Å². The smallest absolute Gasteiger partial charge is 0.00890 e. The van der Waals surface area contributed by atoms with Gasteiger partial charge in [0.2, 0.25) is 0 Å². The van der Waals surface area contributed by atoms with E-state index in [9.17, 15) is 0 Å². The average Bonchev–Trinajstić information content (AvgIpc) is 2.63. The SMILES string of the molecule is CCCCCC=CC/C=C\CCCCCCCCCC(CCC)N(C)C. The standard InChI is InChI=1S/C25H49N/c1-5-7-8-9-10-11-12-13-14-15-16-17-18-19-20-21-22-24-25(23-6-2)26(3)4/h10-11,13-14,25H,5-9,12,15-24H2,1-4H3/b11-10?,14-13-. The molecule has 0 fully saturated rings. The monoisotopic (exact) mass is 363 g/mol. The van der Waals surface area contributed by atoms with Crippen molar-refractivity contribution < 1.29 is 0 Å². The van der Waals surface area contributed by atoms with Gasteiger partial charge in [0.15, 0.2) is 0 Å². The van der Waals surface area contributed by atoms with Crippen LogP contribution in [0.3, 0.4) is 0 Å². The van der Waals surface area contributed by atoms with Gasteiger partial charge in [-0.15, -0.1) is 0 Å². The van der Waals surface area contributed by atoms with Crippen LogP contribution in [-0.2, 0) is 0 Å². The molecule has 0 aliphatic rings. The lowest BCUT2D eigenvalue weighted by Gasteiger charge is -2.23. The molecule has 1 unspecified atom stereocenters. The van der Waals surface area contributed by atoms with Crippen molar-refractivity contribution in [2.45, 2.75) is 123 Å². The lowest BCUT2D eigenvalue weighted by atomic mass is 10.0. The van der Waals surface area contributed by atoms with Gasteiger partial charge in [-0.3, -0.25) is 0 Å². The molecule has 0 N–H and O–H groups in total. The Labute approximate surface area is 166 Å². The largest absolute Gasteiger partial charge is 0.306 e. The summed E-state index contributed by atoms with van der Waals surface area (Å²) in [5.74, 6) is 0. The molecular weight excluding hydrogens is 314 g/mol. The molecule has 0 radical (unpaired) electrons. The summed E-state index contributed by atoms with van der Waals surface area (Å²) in [5, 5.41) is 0. The number of allylic oxidation sites excluding steroid dienone is 4. The Hall–Kier alpha value is -0.560. The van der Waals surface area contributed by atoms with Crippen molar-refractivity contribution in [3.8, 4) is 0 Å². The van der Waals surface area contributed by atoms with Gasteiger partial charge in [-0.25, -0.2) is 0 Å². The minimum absolute atomic E-state index is 0.804. The van der Waals surface area contributed by atoms with E-state index < -0.39 is 0 Å². The lowest BCUT2D eigenvalue weighted by molar-refractivity contribution is 0.256. The summed E-state index contributed by atoms with van der Waals surface area (Å²) in [6.45, 7) is 4.57. The summed E-state index contributed by atoms with van der Waals surface area (Å²) >= 11 is 0. The van der Waals surface area contributed by atoms with Crippen molar-refractivity contribution in [3.05, 3.63) is 24.3 Å². The van der Waals surface area contributed by atoms with Crippen molar-refractivity contribution in [1.29, 1.82) is 0 Å². The Bertz CT molecular complexity index is 316. The van der Waals surface area contributed by atoms with Gasteiger partial charge >= 0.3 is 0 Å². The van der Waals surface area contributed by atoms with E-state index in [1.54, 1.807) is 0 Å². The van der Waals surface area contributed by atoms with Crippen LogP contribution in [0, 0.1) is 0 Å². The van der Waals surface area contributed by atoms with E-state index in [4.69, 9.17) is 0 Å². The summed E-state index contributed by atoms with van der Waals surface area (Å²) in [5.41, 5.74) is 0. The maximum absolute atomic E-state index is 2.42. The van der Waals surface area contributed by atoms with Crippen LogP contribution in [-0.4, -0.2) is 25.0 Å². The van der Waals surface area contributed by atoms with Crippen LogP contribution in [0.4, 0.5) is 0 Å². The van der Waals surface area contributed by atoms with Gasteiger partial charge in [0, 0.05) is 6.04 Å². The zero-order valence-corrected chi connectivity index (χ0v) is 18.6. The highest BCUT2D eigenvalue weighted by molar-refractivity contribution is 4.92. The molecule has 26 heavy (non-hydrogen) atoms. The fourth-order valence-electron chi connectivity index (χ4n) is 3.54. The molecule has 1 atom stereocenters. The predicted molar refractivity (Wildman–Crippen MR) is 121 cm³/mol. The third kappa shape index (κ3) is 18.2. The summed E-state index contributed by atoms with van der Waals surface area (Å²) in [7, 11) is 4.47.